The lowest BCUT2D eigenvalue weighted by Crippen LogP contribution is -2.40. The summed E-state index contributed by atoms with van der Waals surface area (Å²) in [7, 11) is 5.05. The van der Waals surface area contributed by atoms with Crippen molar-refractivity contribution in [2.75, 3.05) is 34.4 Å². The second kappa shape index (κ2) is 11.8. The van der Waals surface area contributed by atoms with Gasteiger partial charge in [0.15, 0.2) is 17.5 Å². The molecule has 2 N–H and O–H groups in total. The summed E-state index contributed by atoms with van der Waals surface area (Å²) in [6, 6.07) is 5.96. The number of aromatic nitrogens is 1. The third-order valence-electron chi connectivity index (χ3n) is 4.53. The number of benzene rings is 1. The van der Waals surface area contributed by atoms with Crippen molar-refractivity contribution in [2.45, 2.75) is 33.1 Å². The molecular weight excluding hydrogens is 471 g/mol. The third-order valence-corrected chi connectivity index (χ3v) is 4.53. The molecule has 7 nitrogen and oxygen atoms in total. The Morgan fingerprint density at radius 3 is 2.46 bits per heavy atom. The van der Waals surface area contributed by atoms with Gasteiger partial charge in [-0.2, -0.15) is 0 Å². The average Bonchev–Trinajstić information content (AvgIpc) is 3.02. The maximum Gasteiger partial charge on any atom is 0.191 e. The fraction of sp³-hybridized carbons (Fsp3) is 0.500. The molecule has 156 valence electrons. The van der Waals surface area contributed by atoms with E-state index in [1.807, 2.05) is 32.0 Å². The van der Waals surface area contributed by atoms with Crippen LogP contribution in [0.5, 0.6) is 11.5 Å². The maximum atomic E-state index is 5.35. The molecule has 0 fully saturated rings. The number of aliphatic imine (C=N–C) groups is 1. The van der Waals surface area contributed by atoms with Gasteiger partial charge in [0.2, 0.25) is 0 Å². The minimum Gasteiger partial charge on any atom is -0.493 e. The Bertz CT molecular complexity index is 757. The zero-order valence-corrected chi connectivity index (χ0v) is 19.8. The number of methoxy groups -OCH3 is 2. The van der Waals surface area contributed by atoms with Gasteiger partial charge in [-0.25, -0.2) is 0 Å². The average molecular weight is 502 g/mol. The van der Waals surface area contributed by atoms with Gasteiger partial charge < -0.3 is 24.6 Å². The summed E-state index contributed by atoms with van der Waals surface area (Å²) in [6.07, 6.45) is 0.848. The highest BCUT2D eigenvalue weighted by molar-refractivity contribution is 14.0. The molecule has 28 heavy (non-hydrogen) atoms. The topological polar surface area (TPSA) is 80.9 Å². The van der Waals surface area contributed by atoms with Gasteiger partial charge in [0.05, 0.1) is 19.9 Å². The zero-order valence-electron chi connectivity index (χ0n) is 17.5. The van der Waals surface area contributed by atoms with Crippen LogP contribution < -0.4 is 20.1 Å². The number of aryl methyl sites for hydroxylation is 2. The molecule has 2 aromatic rings. The number of guanidine groups is 1. The molecule has 0 aliphatic rings. The van der Waals surface area contributed by atoms with E-state index >= 15 is 0 Å². The van der Waals surface area contributed by atoms with Crippen molar-refractivity contribution >= 4 is 29.9 Å². The van der Waals surface area contributed by atoms with Crippen molar-refractivity contribution in [3.8, 4) is 11.5 Å². The minimum atomic E-state index is 0. The summed E-state index contributed by atoms with van der Waals surface area (Å²) in [4.78, 5) is 4.29. The van der Waals surface area contributed by atoms with Crippen LogP contribution in [-0.4, -0.2) is 45.5 Å². The number of halogens is 1. The molecule has 0 saturated carbocycles. The molecular formula is C20H31IN4O3. The number of hydrogen-bond donors (Lipinski definition) is 2. The summed E-state index contributed by atoms with van der Waals surface area (Å²) in [5, 5.41) is 10.7. The predicted molar refractivity (Wildman–Crippen MR) is 122 cm³/mol. The van der Waals surface area contributed by atoms with Crippen molar-refractivity contribution in [2.24, 2.45) is 4.99 Å². The van der Waals surface area contributed by atoms with E-state index < -0.39 is 0 Å². The number of rotatable bonds is 8. The first kappa shape index (κ1) is 24.1. The first-order valence-electron chi connectivity index (χ1n) is 9.08. The zero-order chi connectivity index (χ0) is 19.8. The lowest BCUT2D eigenvalue weighted by Gasteiger charge is -2.16. The Hall–Kier alpha value is -1.97. The molecule has 0 spiro atoms. The fourth-order valence-electron chi connectivity index (χ4n) is 3.13. The third kappa shape index (κ3) is 6.29. The van der Waals surface area contributed by atoms with Crippen molar-refractivity contribution in [1.82, 2.24) is 15.8 Å². The summed E-state index contributed by atoms with van der Waals surface area (Å²) < 4.78 is 15.9. The Morgan fingerprint density at radius 1 is 1.18 bits per heavy atom. The summed E-state index contributed by atoms with van der Waals surface area (Å²) >= 11 is 0. The van der Waals surface area contributed by atoms with Gasteiger partial charge in [0.1, 0.15) is 5.76 Å². The van der Waals surface area contributed by atoms with Crippen molar-refractivity contribution in [3.63, 3.8) is 0 Å². The summed E-state index contributed by atoms with van der Waals surface area (Å²) in [6.45, 7) is 7.57. The molecule has 0 radical (unpaired) electrons. The van der Waals surface area contributed by atoms with E-state index in [0.717, 1.165) is 54.0 Å². The van der Waals surface area contributed by atoms with E-state index in [1.54, 1.807) is 21.3 Å². The van der Waals surface area contributed by atoms with Gasteiger partial charge in [0, 0.05) is 31.6 Å². The molecule has 0 aliphatic heterocycles. The Kier molecular flexibility index (Phi) is 10.1. The molecule has 1 unspecified atom stereocenters. The molecule has 0 amide bonds. The highest BCUT2D eigenvalue weighted by Gasteiger charge is 2.16. The van der Waals surface area contributed by atoms with Gasteiger partial charge in [0.25, 0.3) is 0 Å². The number of ether oxygens (including phenoxy) is 2. The van der Waals surface area contributed by atoms with Crippen LogP contribution in [0.2, 0.25) is 0 Å². The van der Waals surface area contributed by atoms with E-state index in [9.17, 15) is 0 Å². The minimum absolute atomic E-state index is 0. The smallest absolute Gasteiger partial charge is 0.191 e. The standard InChI is InChI=1S/C20H30N4O3.HI/c1-13(19-14(2)24-27-15(19)3)12-23-20(21-4)22-10-9-16-7-8-17(25-5)18(11-16)26-6;/h7-8,11,13H,9-10,12H2,1-6H3,(H2,21,22,23);1H. The lowest BCUT2D eigenvalue weighted by molar-refractivity contribution is 0.354. The van der Waals surface area contributed by atoms with E-state index in [-0.39, 0.29) is 29.9 Å². The first-order valence-corrected chi connectivity index (χ1v) is 9.08. The molecule has 2 rings (SSSR count). The normalized spacial score (nSPS) is 12.1. The first-order chi connectivity index (χ1) is 13.0. The molecule has 1 aromatic carbocycles. The van der Waals surface area contributed by atoms with E-state index in [2.05, 4.69) is 27.7 Å². The van der Waals surface area contributed by atoms with Crippen LogP contribution in [0.1, 0.15) is 35.4 Å². The molecule has 1 heterocycles. The van der Waals surface area contributed by atoms with Crippen molar-refractivity contribution in [3.05, 3.63) is 40.8 Å². The Balaban J connectivity index is 0.00000392. The summed E-state index contributed by atoms with van der Waals surface area (Å²) in [5.41, 5.74) is 3.26. The molecule has 8 heteroatoms. The molecule has 1 atom stereocenters. The van der Waals surface area contributed by atoms with Crippen LogP contribution >= 0.6 is 24.0 Å². The van der Waals surface area contributed by atoms with Gasteiger partial charge in [-0.15, -0.1) is 24.0 Å². The lowest BCUT2D eigenvalue weighted by atomic mass is 10.00. The Morgan fingerprint density at radius 2 is 1.89 bits per heavy atom. The number of nitrogens with zero attached hydrogens (tertiary/aromatic N) is 2. The number of nitrogens with one attached hydrogen (secondary N) is 2. The second-order valence-electron chi connectivity index (χ2n) is 6.46. The molecule has 0 aliphatic carbocycles. The quantitative estimate of drug-likeness (QED) is 0.327. The van der Waals surface area contributed by atoms with Crippen molar-refractivity contribution in [1.29, 1.82) is 0 Å². The van der Waals surface area contributed by atoms with Crippen LogP contribution in [0.4, 0.5) is 0 Å². The van der Waals surface area contributed by atoms with E-state index in [1.165, 1.54) is 5.56 Å². The number of hydrogen-bond acceptors (Lipinski definition) is 5. The largest absolute Gasteiger partial charge is 0.493 e. The monoisotopic (exact) mass is 502 g/mol. The van der Waals surface area contributed by atoms with Crippen LogP contribution in [0.25, 0.3) is 0 Å². The van der Waals surface area contributed by atoms with E-state index in [4.69, 9.17) is 14.0 Å². The van der Waals surface area contributed by atoms with Gasteiger partial charge in [-0.3, -0.25) is 4.99 Å². The van der Waals surface area contributed by atoms with Gasteiger partial charge >= 0.3 is 0 Å². The SMILES string of the molecule is CN=C(NCCc1ccc(OC)c(OC)c1)NCC(C)c1c(C)noc1C.I. The highest BCUT2D eigenvalue weighted by Crippen LogP contribution is 2.27. The van der Waals surface area contributed by atoms with Crippen LogP contribution in [0.15, 0.2) is 27.7 Å². The Labute approximate surface area is 184 Å². The summed E-state index contributed by atoms with van der Waals surface area (Å²) in [5.74, 6) is 3.40. The van der Waals surface area contributed by atoms with Gasteiger partial charge in [-0.1, -0.05) is 18.1 Å². The maximum absolute atomic E-state index is 5.35. The fourth-order valence-corrected chi connectivity index (χ4v) is 3.13. The highest BCUT2D eigenvalue weighted by atomic mass is 127. The van der Waals surface area contributed by atoms with Crippen LogP contribution in [-0.2, 0) is 6.42 Å². The molecule has 1 aromatic heterocycles. The molecule has 0 bridgehead atoms. The van der Waals surface area contributed by atoms with Crippen LogP contribution in [0.3, 0.4) is 0 Å². The van der Waals surface area contributed by atoms with Crippen LogP contribution in [0, 0.1) is 13.8 Å². The predicted octanol–water partition coefficient (Wildman–Crippen LogP) is 3.44. The van der Waals surface area contributed by atoms with Gasteiger partial charge in [-0.05, 0) is 38.0 Å². The van der Waals surface area contributed by atoms with E-state index in [0.29, 0.717) is 0 Å². The second-order valence-corrected chi connectivity index (χ2v) is 6.46. The van der Waals surface area contributed by atoms with Crippen molar-refractivity contribution < 1.29 is 14.0 Å². The molecule has 0 saturated heterocycles.